The molecule has 0 radical (unpaired) electrons. The Hall–Kier alpha value is -3.78. The van der Waals surface area contributed by atoms with Crippen molar-refractivity contribution in [2.45, 2.75) is 13.0 Å². The van der Waals surface area contributed by atoms with E-state index >= 15 is 0 Å². The minimum absolute atomic E-state index is 0.0255. The van der Waals surface area contributed by atoms with Crippen molar-refractivity contribution < 1.29 is 28.9 Å². The van der Waals surface area contributed by atoms with Crippen LogP contribution in [0.5, 0.6) is 17.2 Å². The minimum Gasteiger partial charge on any atom is -0.507 e. The molecule has 8 heteroatoms. The van der Waals surface area contributed by atoms with Crippen LogP contribution < -0.4 is 19.1 Å². The van der Waals surface area contributed by atoms with E-state index in [4.69, 9.17) is 14.2 Å². The summed E-state index contributed by atoms with van der Waals surface area (Å²) in [7, 11) is 4.57. The molecule has 1 unspecified atom stereocenters. The van der Waals surface area contributed by atoms with Crippen LogP contribution in [0.25, 0.3) is 5.76 Å². The number of rotatable bonds is 6. The number of ketones is 1. The second-order valence-corrected chi connectivity index (χ2v) is 8.38. The quantitative estimate of drug-likeness (QED) is 0.322. The Labute approximate surface area is 195 Å². The summed E-state index contributed by atoms with van der Waals surface area (Å²) in [6.45, 7) is 1.91. The van der Waals surface area contributed by atoms with E-state index in [-0.39, 0.29) is 11.3 Å². The summed E-state index contributed by atoms with van der Waals surface area (Å²) in [6.07, 6.45) is 0. The number of hydrogen-bond acceptors (Lipinski definition) is 7. The van der Waals surface area contributed by atoms with Gasteiger partial charge in [0.15, 0.2) is 0 Å². The largest absolute Gasteiger partial charge is 0.507 e. The van der Waals surface area contributed by atoms with Crippen LogP contribution in [0.2, 0.25) is 0 Å². The highest BCUT2D eigenvalue weighted by molar-refractivity contribution is 7.10. The van der Waals surface area contributed by atoms with Crippen LogP contribution in [0.1, 0.15) is 22.0 Å². The fourth-order valence-corrected chi connectivity index (χ4v) is 4.87. The van der Waals surface area contributed by atoms with E-state index in [1.165, 1.54) is 30.5 Å². The Morgan fingerprint density at radius 3 is 2.03 bits per heavy atom. The Morgan fingerprint density at radius 2 is 1.52 bits per heavy atom. The van der Waals surface area contributed by atoms with Gasteiger partial charge in [-0.3, -0.25) is 14.5 Å². The van der Waals surface area contributed by atoms with E-state index in [2.05, 4.69) is 0 Å². The molecule has 0 aliphatic carbocycles. The number of anilines is 1. The molecule has 1 fully saturated rings. The summed E-state index contributed by atoms with van der Waals surface area (Å²) < 4.78 is 15.9. The number of aliphatic hydroxyl groups excluding tert-OH is 1. The van der Waals surface area contributed by atoms with Gasteiger partial charge in [0.25, 0.3) is 11.7 Å². The van der Waals surface area contributed by atoms with Gasteiger partial charge in [0, 0.05) is 28.6 Å². The summed E-state index contributed by atoms with van der Waals surface area (Å²) in [5.74, 6) is -0.181. The molecule has 1 atom stereocenters. The van der Waals surface area contributed by atoms with Crippen LogP contribution in [0, 0.1) is 6.92 Å². The van der Waals surface area contributed by atoms with Gasteiger partial charge in [0.2, 0.25) is 0 Å². The van der Waals surface area contributed by atoms with Crippen LogP contribution in [0.3, 0.4) is 0 Å². The Balaban J connectivity index is 1.94. The Bertz CT molecular complexity index is 1220. The third-order valence-electron chi connectivity index (χ3n) is 5.57. The molecule has 1 saturated heterocycles. The van der Waals surface area contributed by atoms with Crippen LogP contribution in [0.4, 0.5) is 5.69 Å². The van der Waals surface area contributed by atoms with Gasteiger partial charge < -0.3 is 19.3 Å². The Kier molecular flexibility index (Phi) is 6.11. The number of Topliss-reactive ketones (excluding diaryl/α,β-unsaturated/α-hetero) is 1. The zero-order valence-electron chi connectivity index (χ0n) is 18.6. The van der Waals surface area contributed by atoms with Gasteiger partial charge in [0.05, 0.1) is 32.6 Å². The number of benzene rings is 2. The lowest BCUT2D eigenvalue weighted by Gasteiger charge is -2.25. The summed E-state index contributed by atoms with van der Waals surface area (Å²) >= 11 is 1.42. The molecule has 1 aliphatic rings. The van der Waals surface area contributed by atoms with E-state index in [9.17, 15) is 14.7 Å². The topological polar surface area (TPSA) is 85.3 Å². The second-order valence-electron chi connectivity index (χ2n) is 7.44. The number of carbonyl (C=O) groups excluding carboxylic acids is 2. The van der Waals surface area contributed by atoms with E-state index in [0.717, 1.165) is 10.4 Å². The molecule has 0 saturated carbocycles. The van der Waals surface area contributed by atoms with Crippen molar-refractivity contribution in [2.75, 3.05) is 26.2 Å². The maximum Gasteiger partial charge on any atom is 0.300 e. The zero-order valence-corrected chi connectivity index (χ0v) is 19.4. The first-order chi connectivity index (χ1) is 15.9. The van der Waals surface area contributed by atoms with Crippen molar-refractivity contribution in [1.29, 1.82) is 0 Å². The molecule has 2 aromatic carbocycles. The van der Waals surface area contributed by atoms with Crippen molar-refractivity contribution in [3.8, 4) is 17.2 Å². The third-order valence-corrected chi connectivity index (χ3v) is 6.64. The van der Waals surface area contributed by atoms with E-state index in [1.54, 1.807) is 49.6 Å². The monoisotopic (exact) mass is 465 g/mol. The maximum absolute atomic E-state index is 13.3. The lowest BCUT2D eigenvalue weighted by Crippen LogP contribution is -2.29. The number of thiophene rings is 1. The van der Waals surface area contributed by atoms with E-state index in [1.807, 2.05) is 18.4 Å². The molecule has 33 heavy (non-hydrogen) atoms. The molecule has 2 heterocycles. The van der Waals surface area contributed by atoms with Crippen molar-refractivity contribution in [1.82, 2.24) is 0 Å². The standard InChI is InChI=1S/C25H23NO6S/c1-14-9-10-33-24(14)21-20(22(27)15-5-7-17(30-2)8-6-15)23(28)25(29)26(21)16-11-18(31-3)13-19(12-16)32-4/h5-13,21,27H,1-4H3/b22-20-. The maximum atomic E-state index is 13.3. The highest BCUT2D eigenvalue weighted by Crippen LogP contribution is 2.46. The van der Waals surface area contributed by atoms with Crippen LogP contribution in [-0.4, -0.2) is 38.1 Å². The fourth-order valence-electron chi connectivity index (χ4n) is 3.85. The normalized spacial score (nSPS) is 17.3. The molecule has 1 aromatic heterocycles. The molecule has 0 spiro atoms. The molecule has 0 bridgehead atoms. The molecule has 1 amide bonds. The first kappa shape index (κ1) is 22.4. The molecule has 4 rings (SSSR count). The predicted molar refractivity (Wildman–Crippen MR) is 126 cm³/mol. The molecule has 170 valence electrons. The molecule has 3 aromatic rings. The minimum atomic E-state index is -0.802. The Morgan fingerprint density at radius 1 is 0.909 bits per heavy atom. The van der Waals surface area contributed by atoms with E-state index < -0.39 is 17.7 Å². The number of aryl methyl sites for hydroxylation is 1. The fraction of sp³-hybridized carbons (Fsp3) is 0.200. The molecule has 1 aliphatic heterocycles. The number of nitrogens with zero attached hydrogens (tertiary/aromatic N) is 1. The molecule has 1 N–H and O–H groups in total. The smallest absolute Gasteiger partial charge is 0.300 e. The number of methoxy groups -OCH3 is 3. The summed E-state index contributed by atoms with van der Waals surface area (Å²) in [4.78, 5) is 28.7. The molecular weight excluding hydrogens is 442 g/mol. The predicted octanol–water partition coefficient (Wildman–Crippen LogP) is 4.71. The SMILES string of the molecule is COc1ccc(/C(O)=C2/C(=O)C(=O)N(c3cc(OC)cc(OC)c3)C2c2sccc2C)cc1. The average Bonchev–Trinajstić information content (AvgIpc) is 3.38. The van der Waals surface area contributed by atoms with Crippen LogP contribution >= 0.6 is 11.3 Å². The van der Waals surface area contributed by atoms with Gasteiger partial charge in [-0.2, -0.15) is 0 Å². The molecular formula is C25H23NO6S. The first-order valence-electron chi connectivity index (χ1n) is 10.1. The summed E-state index contributed by atoms with van der Waals surface area (Å²) in [5.41, 5.74) is 1.78. The summed E-state index contributed by atoms with van der Waals surface area (Å²) in [6, 6.07) is 12.8. The van der Waals surface area contributed by atoms with Gasteiger partial charge in [0.1, 0.15) is 29.0 Å². The highest BCUT2D eigenvalue weighted by atomic mass is 32.1. The van der Waals surface area contributed by atoms with E-state index in [0.29, 0.717) is 28.5 Å². The number of amides is 1. The van der Waals surface area contributed by atoms with Gasteiger partial charge in [-0.25, -0.2) is 0 Å². The summed E-state index contributed by atoms with van der Waals surface area (Å²) in [5, 5.41) is 13.1. The van der Waals surface area contributed by atoms with Crippen molar-refractivity contribution in [3.05, 3.63) is 75.5 Å². The van der Waals surface area contributed by atoms with Gasteiger partial charge in [-0.15, -0.1) is 11.3 Å². The second kappa shape index (κ2) is 8.99. The average molecular weight is 466 g/mol. The third kappa shape index (κ3) is 3.93. The van der Waals surface area contributed by atoms with Gasteiger partial charge in [-0.1, -0.05) is 0 Å². The van der Waals surface area contributed by atoms with Crippen molar-refractivity contribution in [3.63, 3.8) is 0 Å². The number of hydrogen-bond donors (Lipinski definition) is 1. The number of carbonyl (C=O) groups is 2. The molecule has 7 nitrogen and oxygen atoms in total. The first-order valence-corrected chi connectivity index (χ1v) is 11.0. The van der Waals surface area contributed by atoms with Crippen LogP contribution in [0.15, 0.2) is 59.5 Å². The zero-order chi connectivity index (χ0) is 23.7. The van der Waals surface area contributed by atoms with Crippen LogP contribution in [-0.2, 0) is 9.59 Å². The highest BCUT2D eigenvalue weighted by Gasteiger charge is 2.48. The van der Waals surface area contributed by atoms with Gasteiger partial charge >= 0.3 is 0 Å². The van der Waals surface area contributed by atoms with Crippen molar-refractivity contribution in [2.24, 2.45) is 0 Å². The lowest BCUT2D eigenvalue weighted by atomic mass is 9.98. The van der Waals surface area contributed by atoms with Gasteiger partial charge in [-0.05, 0) is 48.2 Å². The number of ether oxygens (including phenoxy) is 3. The lowest BCUT2D eigenvalue weighted by molar-refractivity contribution is -0.132. The number of aliphatic hydroxyl groups is 1. The van der Waals surface area contributed by atoms with Crippen molar-refractivity contribution >= 4 is 34.5 Å².